The van der Waals surface area contributed by atoms with E-state index in [0.29, 0.717) is 12.6 Å². The highest BCUT2D eigenvalue weighted by Gasteiger charge is 2.22. The number of hydrogen-bond acceptors (Lipinski definition) is 3. The van der Waals surface area contributed by atoms with Crippen LogP contribution in [0.3, 0.4) is 0 Å². The van der Waals surface area contributed by atoms with Crippen molar-refractivity contribution in [3.05, 3.63) is 28.8 Å². The average molecular weight is 268 g/mol. The molecule has 0 aromatic heterocycles. The van der Waals surface area contributed by atoms with Crippen molar-refractivity contribution in [2.24, 2.45) is 5.73 Å². The largest absolute Gasteiger partial charge is 0.373 e. The molecular weight excluding hydrogens is 246 g/mol. The van der Waals surface area contributed by atoms with E-state index in [4.69, 9.17) is 17.3 Å². The lowest BCUT2D eigenvalue weighted by Gasteiger charge is -2.28. The first-order chi connectivity index (χ1) is 8.61. The molecule has 3 nitrogen and oxygen atoms in total. The zero-order chi connectivity index (χ0) is 13.1. The molecule has 0 spiro atoms. The molecule has 0 aliphatic carbocycles. The van der Waals surface area contributed by atoms with Gasteiger partial charge in [0.25, 0.3) is 0 Å². The quantitative estimate of drug-likeness (QED) is 0.909. The molecule has 2 N–H and O–H groups in total. The number of nitrogens with two attached hydrogens (primary N) is 1. The predicted molar refractivity (Wildman–Crippen MR) is 78.3 cm³/mol. The molecule has 0 radical (unpaired) electrons. The molecular formula is C14H22ClN3. The zero-order valence-electron chi connectivity index (χ0n) is 11.2. The summed E-state index contributed by atoms with van der Waals surface area (Å²) in [7, 11) is 4.32. The van der Waals surface area contributed by atoms with Gasteiger partial charge in [-0.15, -0.1) is 0 Å². The zero-order valence-corrected chi connectivity index (χ0v) is 12.0. The minimum absolute atomic E-state index is 0.553. The fourth-order valence-corrected chi connectivity index (χ4v) is 2.86. The third-order valence-electron chi connectivity index (χ3n) is 3.83. The van der Waals surface area contributed by atoms with Crippen LogP contribution in [0.1, 0.15) is 18.4 Å². The van der Waals surface area contributed by atoms with Gasteiger partial charge >= 0.3 is 0 Å². The lowest BCUT2D eigenvalue weighted by molar-refractivity contribution is 0.314. The molecule has 1 aromatic rings. The Kier molecular flexibility index (Phi) is 4.49. The fraction of sp³-hybridized carbons (Fsp3) is 0.571. The van der Waals surface area contributed by atoms with Gasteiger partial charge in [-0.2, -0.15) is 0 Å². The summed E-state index contributed by atoms with van der Waals surface area (Å²) in [6.45, 7) is 2.79. The van der Waals surface area contributed by atoms with Gasteiger partial charge < -0.3 is 15.5 Å². The molecule has 0 amide bonds. The first kappa shape index (κ1) is 13.7. The van der Waals surface area contributed by atoms with Gasteiger partial charge in [-0.1, -0.05) is 17.7 Å². The van der Waals surface area contributed by atoms with Crippen LogP contribution in [0.5, 0.6) is 0 Å². The monoisotopic (exact) mass is 267 g/mol. The minimum Gasteiger partial charge on any atom is -0.373 e. The van der Waals surface area contributed by atoms with E-state index >= 15 is 0 Å². The maximum Gasteiger partial charge on any atom is 0.0426 e. The summed E-state index contributed by atoms with van der Waals surface area (Å²) >= 11 is 6.09. The fourth-order valence-electron chi connectivity index (χ4n) is 2.69. The van der Waals surface area contributed by atoms with Crippen molar-refractivity contribution in [3.63, 3.8) is 0 Å². The van der Waals surface area contributed by atoms with E-state index in [-0.39, 0.29) is 0 Å². The topological polar surface area (TPSA) is 32.5 Å². The maximum atomic E-state index is 6.09. The second-order valence-corrected chi connectivity index (χ2v) is 5.57. The third-order valence-corrected chi connectivity index (χ3v) is 4.07. The van der Waals surface area contributed by atoms with Gasteiger partial charge in [0, 0.05) is 36.9 Å². The van der Waals surface area contributed by atoms with Crippen molar-refractivity contribution in [3.8, 4) is 0 Å². The van der Waals surface area contributed by atoms with Gasteiger partial charge in [0.1, 0.15) is 0 Å². The van der Waals surface area contributed by atoms with Crippen LogP contribution in [0.25, 0.3) is 0 Å². The number of halogens is 1. The Hall–Kier alpha value is -0.770. The van der Waals surface area contributed by atoms with Crippen molar-refractivity contribution in [2.45, 2.75) is 25.4 Å². The van der Waals surface area contributed by atoms with Crippen LogP contribution >= 0.6 is 11.6 Å². The predicted octanol–water partition coefficient (Wildman–Crippen LogP) is 2.33. The first-order valence-electron chi connectivity index (χ1n) is 6.51. The molecule has 1 saturated heterocycles. The Labute approximate surface area is 115 Å². The van der Waals surface area contributed by atoms with E-state index in [1.54, 1.807) is 0 Å². The van der Waals surface area contributed by atoms with Crippen LogP contribution in [-0.2, 0) is 6.54 Å². The molecule has 1 aliphatic heterocycles. The third kappa shape index (κ3) is 2.97. The summed E-state index contributed by atoms with van der Waals surface area (Å²) in [6, 6.07) is 6.58. The van der Waals surface area contributed by atoms with Gasteiger partial charge in [-0.05, 0) is 44.1 Å². The number of likely N-dealkylation sites (tertiary alicyclic amines) is 1. The molecule has 1 fully saturated rings. The second kappa shape index (κ2) is 5.91. The number of rotatable bonds is 4. The molecule has 2 rings (SSSR count). The highest BCUT2D eigenvalue weighted by molar-refractivity contribution is 6.30. The number of hydrogen-bond donors (Lipinski definition) is 1. The minimum atomic E-state index is 0.553. The summed E-state index contributed by atoms with van der Waals surface area (Å²) in [4.78, 5) is 4.71. The van der Waals surface area contributed by atoms with Gasteiger partial charge in [-0.25, -0.2) is 0 Å². The van der Waals surface area contributed by atoms with Gasteiger partial charge in [0.15, 0.2) is 0 Å². The first-order valence-corrected chi connectivity index (χ1v) is 6.89. The molecule has 0 bridgehead atoms. The summed E-state index contributed by atoms with van der Waals surface area (Å²) in [5.74, 6) is 0. The van der Waals surface area contributed by atoms with Crippen LogP contribution in [0.15, 0.2) is 18.2 Å². The van der Waals surface area contributed by atoms with Crippen molar-refractivity contribution in [1.82, 2.24) is 4.90 Å². The molecule has 1 heterocycles. The standard InChI is InChI=1S/C14H22ClN3/c1-17-7-3-4-13(17)10-18(2)14-8-12(15)6-5-11(14)9-16/h5-6,8,13H,3-4,7,9-10,16H2,1-2H3. The Morgan fingerprint density at radius 3 is 2.89 bits per heavy atom. The number of likely N-dealkylation sites (N-methyl/N-ethyl adjacent to an activating group) is 2. The Morgan fingerprint density at radius 1 is 1.50 bits per heavy atom. The van der Waals surface area contributed by atoms with E-state index in [1.165, 1.54) is 19.4 Å². The summed E-state index contributed by atoms with van der Waals surface area (Å²) in [5.41, 5.74) is 8.11. The molecule has 1 unspecified atom stereocenters. The van der Waals surface area contributed by atoms with Crippen LogP contribution in [0, 0.1) is 0 Å². The van der Waals surface area contributed by atoms with Crippen LogP contribution in [0.2, 0.25) is 5.02 Å². The van der Waals surface area contributed by atoms with E-state index < -0.39 is 0 Å². The number of nitrogens with zero attached hydrogens (tertiary/aromatic N) is 2. The van der Waals surface area contributed by atoms with Crippen LogP contribution < -0.4 is 10.6 Å². The summed E-state index contributed by atoms with van der Waals surface area (Å²) in [5, 5.41) is 0.772. The van der Waals surface area contributed by atoms with E-state index in [2.05, 4.69) is 23.9 Å². The lowest BCUT2D eigenvalue weighted by atomic mass is 10.1. The summed E-state index contributed by atoms with van der Waals surface area (Å²) < 4.78 is 0. The molecule has 1 aliphatic rings. The summed E-state index contributed by atoms with van der Waals surface area (Å²) in [6.07, 6.45) is 2.58. The molecule has 1 aromatic carbocycles. The van der Waals surface area contributed by atoms with Crippen LogP contribution in [0.4, 0.5) is 5.69 Å². The maximum absolute atomic E-state index is 6.09. The molecule has 0 saturated carbocycles. The molecule has 100 valence electrons. The SMILES string of the molecule is CN(CC1CCCN1C)c1cc(Cl)ccc1CN. The highest BCUT2D eigenvalue weighted by Crippen LogP contribution is 2.25. The Balaban J connectivity index is 2.12. The van der Waals surface area contributed by atoms with Crippen molar-refractivity contribution < 1.29 is 0 Å². The Bertz CT molecular complexity index is 408. The number of anilines is 1. The van der Waals surface area contributed by atoms with Gasteiger partial charge in [0.05, 0.1) is 0 Å². The number of benzene rings is 1. The molecule has 4 heteroatoms. The molecule has 18 heavy (non-hydrogen) atoms. The van der Waals surface area contributed by atoms with E-state index in [0.717, 1.165) is 22.8 Å². The van der Waals surface area contributed by atoms with Crippen molar-refractivity contribution in [2.75, 3.05) is 32.1 Å². The lowest BCUT2D eigenvalue weighted by Crippen LogP contribution is -2.37. The van der Waals surface area contributed by atoms with E-state index in [9.17, 15) is 0 Å². The highest BCUT2D eigenvalue weighted by atomic mass is 35.5. The smallest absolute Gasteiger partial charge is 0.0426 e. The van der Waals surface area contributed by atoms with Gasteiger partial charge in [-0.3, -0.25) is 0 Å². The molecule has 1 atom stereocenters. The van der Waals surface area contributed by atoms with Crippen molar-refractivity contribution in [1.29, 1.82) is 0 Å². The Morgan fingerprint density at radius 2 is 2.28 bits per heavy atom. The normalized spacial score (nSPS) is 20.3. The van der Waals surface area contributed by atoms with Gasteiger partial charge in [0.2, 0.25) is 0 Å². The second-order valence-electron chi connectivity index (χ2n) is 5.13. The van der Waals surface area contributed by atoms with Crippen LogP contribution in [-0.4, -0.2) is 38.1 Å². The van der Waals surface area contributed by atoms with E-state index in [1.807, 2.05) is 18.2 Å². The van der Waals surface area contributed by atoms with Crippen molar-refractivity contribution >= 4 is 17.3 Å². The average Bonchev–Trinajstić information content (AvgIpc) is 2.75.